The Balaban J connectivity index is 1.62. The molecule has 0 aliphatic heterocycles. The first-order chi connectivity index (χ1) is 16.3. The van der Waals surface area contributed by atoms with Crippen molar-refractivity contribution < 1.29 is 14.6 Å². The highest BCUT2D eigenvalue weighted by Gasteiger charge is 2.13. The third-order valence-electron chi connectivity index (χ3n) is 5.55. The summed E-state index contributed by atoms with van der Waals surface area (Å²) in [5.74, 6) is 0.190. The van der Waals surface area contributed by atoms with Crippen molar-refractivity contribution in [3.8, 4) is 22.8 Å². The monoisotopic (exact) mass is 455 g/mol. The Morgan fingerprint density at radius 1 is 1.00 bits per heavy atom. The number of carbonyl (C=O) groups is 1. The van der Waals surface area contributed by atoms with Gasteiger partial charge < -0.3 is 14.4 Å². The zero-order valence-electron chi connectivity index (χ0n) is 19.2. The van der Waals surface area contributed by atoms with Gasteiger partial charge >= 0.3 is 5.97 Å². The van der Waals surface area contributed by atoms with E-state index in [2.05, 4.69) is 24.0 Å². The SMILES string of the molecule is CC(C)c1ccc(-c2ccc(Oc3cc(C(=O)O)ccc3Cc3cccn(C)c3=O)cc2)nn1. The molecule has 34 heavy (non-hydrogen) atoms. The molecule has 0 atom stereocenters. The fraction of sp³-hybridized carbons (Fsp3) is 0.185. The minimum atomic E-state index is -1.05. The quantitative estimate of drug-likeness (QED) is 0.419. The highest BCUT2D eigenvalue weighted by atomic mass is 16.5. The van der Waals surface area contributed by atoms with Crippen LogP contribution in [0.15, 0.2) is 77.7 Å². The van der Waals surface area contributed by atoms with Gasteiger partial charge in [-0.05, 0) is 66.1 Å². The van der Waals surface area contributed by atoms with E-state index in [9.17, 15) is 14.7 Å². The summed E-state index contributed by atoms with van der Waals surface area (Å²) in [6, 6.07) is 19.5. The van der Waals surface area contributed by atoms with Gasteiger partial charge in [-0.25, -0.2) is 4.79 Å². The lowest BCUT2D eigenvalue weighted by atomic mass is 10.0. The highest BCUT2D eigenvalue weighted by Crippen LogP contribution is 2.30. The van der Waals surface area contributed by atoms with Crippen LogP contribution < -0.4 is 10.3 Å². The first kappa shape index (κ1) is 22.9. The smallest absolute Gasteiger partial charge is 0.335 e. The number of hydrogen-bond acceptors (Lipinski definition) is 5. The van der Waals surface area contributed by atoms with Gasteiger partial charge in [0.05, 0.1) is 17.0 Å². The summed E-state index contributed by atoms with van der Waals surface area (Å²) >= 11 is 0. The number of hydrogen-bond donors (Lipinski definition) is 1. The van der Waals surface area contributed by atoms with Crippen molar-refractivity contribution in [2.75, 3.05) is 0 Å². The van der Waals surface area contributed by atoms with Gasteiger partial charge in [0.1, 0.15) is 11.5 Å². The number of aryl methyl sites for hydroxylation is 1. The van der Waals surface area contributed by atoms with Crippen molar-refractivity contribution in [3.05, 3.63) is 106 Å². The molecule has 0 aliphatic carbocycles. The lowest BCUT2D eigenvalue weighted by Crippen LogP contribution is -2.20. The first-order valence-electron chi connectivity index (χ1n) is 10.9. The predicted octanol–water partition coefficient (Wildman–Crippen LogP) is 5.05. The summed E-state index contributed by atoms with van der Waals surface area (Å²) in [7, 11) is 1.69. The van der Waals surface area contributed by atoms with Gasteiger partial charge in [0, 0.05) is 30.8 Å². The van der Waals surface area contributed by atoms with Gasteiger partial charge in [-0.2, -0.15) is 10.2 Å². The van der Waals surface area contributed by atoms with Gasteiger partial charge in [-0.3, -0.25) is 4.79 Å². The van der Waals surface area contributed by atoms with Gasteiger partial charge in [-0.1, -0.05) is 26.0 Å². The van der Waals surface area contributed by atoms with Crippen molar-refractivity contribution in [2.24, 2.45) is 7.05 Å². The lowest BCUT2D eigenvalue weighted by Gasteiger charge is -2.13. The molecule has 2 heterocycles. The van der Waals surface area contributed by atoms with Crippen molar-refractivity contribution in [1.82, 2.24) is 14.8 Å². The Hall–Kier alpha value is -4.26. The van der Waals surface area contributed by atoms with Crippen LogP contribution in [-0.2, 0) is 13.5 Å². The van der Waals surface area contributed by atoms with E-state index in [0.29, 0.717) is 35.0 Å². The fourth-order valence-corrected chi connectivity index (χ4v) is 3.55. The lowest BCUT2D eigenvalue weighted by molar-refractivity contribution is 0.0696. The van der Waals surface area contributed by atoms with Gasteiger partial charge in [0.25, 0.3) is 5.56 Å². The molecule has 0 fully saturated rings. The Morgan fingerprint density at radius 3 is 2.41 bits per heavy atom. The predicted molar refractivity (Wildman–Crippen MR) is 130 cm³/mol. The zero-order chi connectivity index (χ0) is 24.2. The van der Waals surface area contributed by atoms with Gasteiger partial charge in [-0.15, -0.1) is 0 Å². The molecule has 172 valence electrons. The Morgan fingerprint density at radius 2 is 1.76 bits per heavy atom. The molecule has 0 saturated heterocycles. The van der Waals surface area contributed by atoms with Crippen LogP contribution in [0.3, 0.4) is 0 Å². The van der Waals surface area contributed by atoms with Gasteiger partial charge in [0.2, 0.25) is 0 Å². The second kappa shape index (κ2) is 9.70. The van der Waals surface area contributed by atoms with E-state index in [1.807, 2.05) is 24.3 Å². The molecule has 2 aromatic heterocycles. The van der Waals surface area contributed by atoms with E-state index in [1.54, 1.807) is 43.6 Å². The fourth-order valence-electron chi connectivity index (χ4n) is 3.55. The van der Waals surface area contributed by atoms with E-state index in [4.69, 9.17) is 4.74 Å². The van der Waals surface area contributed by atoms with E-state index in [-0.39, 0.29) is 11.1 Å². The van der Waals surface area contributed by atoms with Crippen LogP contribution in [0.2, 0.25) is 0 Å². The third kappa shape index (κ3) is 5.04. The molecule has 7 heteroatoms. The first-order valence-corrected chi connectivity index (χ1v) is 10.9. The Bertz CT molecular complexity index is 1370. The molecule has 7 nitrogen and oxygen atoms in total. The number of aromatic nitrogens is 3. The molecule has 0 unspecified atom stereocenters. The largest absolute Gasteiger partial charge is 0.478 e. The molecule has 0 spiro atoms. The van der Waals surface area contributed by atoms with Crippen molar-refractivity contribution in [3.63, 3.8) is 0 Å². The third-order valence-corrected chi connectivity index (χ3v) is 5.55. The summed E-state index contributed by atoms with van der Waals surface area (Å²) < 4.78 is 7.59. The van der Waals surface area contributed by atoms with E-state index < -0.39 is 5.97 Å². The topological polar surface area (TPSA) is 94.3 Å². The second-order valence-electron chi connectivity index (χ2n) is 8.38. The van der Waals surface area contributed by atoms with Crippen LogP contribution in [-0.4, -0.2) is 25.8 Å². The molecule has 1 N–H and O–H groups in total. The number of carboxylic acids is 1. The summed E-state index contributed by atoms with van der Waals surface area (Å²) in [4.78, 5) is 24.0. The summed E-state index contributed by atoms with van der Waals surface area (Å²) in [6.07, 6.45) is 2.01. The van der Waals surface area contributed by atoms with Crippen LogP contribution in [0.5, 0.6) is 11.5 Å². The summed E-state index contributed by atoms with van der Waals surface area (Å²) in [6.45, 7) is 4.14. The molecule has 4 aromatic rings. The van der Waals surface area contributed by atoms with E-state index >= 15 is 0 Å². The molecular weight excluding hydrogens is 430 g/mol. The number of benzene rings is 2. The number of pyridine rings is 1. The minimum Gasteiger partial charge on any atom is -0.478 e. The average molecular weight is 456 g/mol. The average Bonchev–Trinajstić information content (AvgIpc) is 2.83. The van der Waals surface area contributed by atoms with Crippen LogP contribution in [0, 0.1) is 0 Å². The molecule has 0 radical (unpaired) electrons. The molecule has 0 bridgehead atoms. The second-order valence-corrected chi connectivity index (χ2v) is 8.38. The number of rotatable bonds is 7. The Labute approximate surface area is 197 Å². The zero-order valence-corrected chi connectivity index (χ0v) is 19.2. The van der Waals surface area contributed by atoms with Crippen molar-refractivity contribution in [2.45, 2.75) is 26.2 Å². The maximum absolute atomic E-state index is 12.5. The van der Waals surface area contributed by atoms with Crippen LogP contribution in [0.25, 0.3) is 11.3 Å². The molecular formula is C27H25N3O4. The molecule has 0 aliphatic rings. The molecule has 2 aromatic carbocycles. The van der Waals surface area contributed by atoms with Gasteiger partial charge in [0.15, 0.2) is 0 Å². The number of aromatic carboxylic acids is 1. The van der Waals surface area contributed by atoms with Crippen LogP contribution in [0.4, 0.5) is 0 Å². The van der Waals surface area contributed by atoms with E-state index in [0.717, 1.165) is 17.0 Å². The number of nitrogens with zero attached hydrogens (tertiary/aromatic N) is 3. The maximum Gasteiger partial charge on any atom is 0.335 e. The molecule has 4 rings (SSSR count). The highest BCUT2D eigenvalue weighted by molar-refractivity contribution is 5.88. The summed E-state index contributed by atoms with van der Waals surface area (Å²) in [5, 5.41) is 18.0. The van der Waals surface area contributed by atoms with Crippen LogP contribution >= 0.6 is 0 Å². The minimum absolute atomic E-state index is 0.107. The molecule has 0 saturated carbocycles. The Kier molecular flexibility index (Phi) is 6.54. The van der Waals surface area contributed by atoms with Crippen LogP contribution in [0.1, 0.15) is 46.9 Å². The number of carboxylic acid groups (broad SMARTS) is 1. The van der Waals surface area contributed by atoms with Crippen molar-refractivity contribution in [1.29, 1.82) is 0 Å². The standard InChI is InChI=1S/C27H25N3O4/c1-17(2)23-12-13-24(29-28-23)18-8-10-22(11-9-18)34-25-16-21(27(32)33)7-6-19(25)15-20-5-4-14-30(3)26(20)31/h4-14,16-17H,15H2,1-3H3,(H,32,33). The number of ether oxygens (including phenoxy) is 1. The van der Waals surface area contributed by atoms with Crippen molar-refractivity contribution >= 4 is 5.97 Å². The molecule has 0 amide bonds. The van der Waals surface area contributed by atoms with E-state index in [1.165, 1.54) is 16.7 Å². The summed E-state index contributed by atoms with van der Waals surface area (Å²) in [5.41, 5.74) is 3.89. The maximum atomic E-state index is 12.5. The normalized spacial score (nSPS) is 10.9.